The van der Waals surface area contributed by atoms with Gasteiger partial charge in [0.2, 0.25) is 5.95 Å². The van der Waals surface area contributed by atoms with Crippen LogP contribution in [0.4, 0.5) is 24.9 Å². The normalized spacial score (nSPS) is 22.6. The van der Waals surface area contributed by atoms with Crippen molar-refractivity contribution in [1.29, 1.82) is 0 Å². The topological polar surface area (TPSA) is 123 Å². The number of para-hydroxylation sites is 1. The Balaban J connectivity index is 1.84. The van der Waals surface area contributed by atoms with Crippen molar-refractivity contribution in [3.63, 3.8) is 0 Å². The summed E-state index contributed by atoms with van der Waals surface area (Å²) in [6, 6.07) is 6.95. The van der Waals surface area contributed by atoms with Crippen LogP contribution in [0.5, 0.6) is 0 Å². The molecular weight excluding hydrogens is 483 g/mol. The van der Waals surface area contributed by atoms with E-state index in [-0.39, 0.29) is 36.2 Å². The Bertz CT molecular complexity index is 1140. The number of thiazole rings is 1. The molecule has 12 heteroatoms. The zero-order valence-electron chi connectivity index (χ0n) is 19.1. The Labute approximate surface area is 204 Å². The lowest BCUT2D eigenvalue weighted by Crippen LogP contribution is -2.48. The lowest BCUT2D eigenvalue weighted by Gasteiger charge is -2.31. The van der Waals surface area contributed by atoms with Gasteiger partial charge in [0.05, 0.1) is 15.8 Å². The number of halogens is 3. The molecule has 4 rings (SSSR count). The quantitative estimate of drug-likeness (QED) is 0.214. The number of nitrogens with one attached hydrogen (secondary N) is 2. The first kappa shape index (κ1) is 25.5. The van der Waals surface area contributed by atoms with Crippen LogP contribution in [0.2, 0.25) is 0 Å². The van der Waals surface area contributed by atoms with Crippen molar-refractivity contribution < 1.29 is 28.5 Å². The molecular formula is C23H28F3N5O3S. The molecule has 0 saturated heterocycles. The largest absolute Gasteiger partial charge is 0.434 e. The van der Waals surface area contributed by atoms with Gasteiger partial charge in [0, 0.05) is 19.1 Å². The molecule has 3 aromatic rings. The molecule has 1 aromatic carbocycles. The van der Waals surface area contributed by atoms with E-state index in [0.717, 1.165) is 30.6 Å². The molecule has 3 unspecified atom stereocenters. The van der Waals surface area contributed by atoms with Crippen molar-refractivity contribution in [3.8, 4) is 10.6 Å². The van der Waals surface area contributed by atoms with Crippen molar-refractivity contribution in [2.75, 3.05) is 23.8 Å². The van der Waals surface area contributed by atoms with Crippen LogP contribution < -0.4 is 10.6 Å². The Hall–Kier alpha value is -2.54. The molecule has 1 aliphatic rings. The molecule has 35 heavy (non-hydrogen) atoms. The molecule has 0 bridgehead atoms. The van der Waals surface area contributed by atoms with E-state index in [4.69, 9.17) is 0 Å². The van der Waals surface area contributed by atoms with E-state index >= 15 is 0 Å². The summed E-state index contributed by atoms with van der Waals surface area (Å²) in [6.07, 6.45) is -3.37. The first-order chi connectivity index (χ1) is 16.7. The number of anilines is 2. The molecule has 8 nitrogen and oxygen atoms in total. The zero-order chi connectivity index (χ0) is 25.2. The Morgan fingerprint density at radius 2 is 1.94 bits per heavy atom. The number of alkyl halides is 3. The van der Waals surface area contributed by atoms with E-state index in [1.807, 2.05) is 6.92 Å². The highest BCUT2D eigenvalue weighted by atomic mass is 32.1. The Kier molecular flexibility index (Phi) is 7.46. The third-order valence-corrected chi connectivity index (χ3v) is 7.20. The minimum Gasteiger partial charge on any atom is -0.396 e. The predicted molar refractivity (Wildman–Crippen MR) is 128 cm³/mol. The van der Waals surface area contributed by atoms with Crippen LogP contribution >= 0.6 is 11.3 Å². The number of hydrogen-bond donors (Lipinski definition) is 5. The number of aliphatic hydroxyl groups excluding tert-OH is 2. The maximum atomic E-state index is 14.3. The molecule has 3 atom stereocenters. The lowest BCUT2D eigenvalue weighted by molar-refractivity contribution is -0.140. The van der Waals surface area contributed by atoms with Gasteiger partial charge in [-0.05, 0) is 31.4 Å². The molecule has 1 saturated carbocycles. The third kappa shape index (κ3) is 5.35. The number of unbranched alkanes of at least 4 members (excludes halogenated alkanes) is 2. The van der Waals surface area contributed by atoms with Crippen LogP contribution in [-0.4, -0.2) is 55.3 Å². The van der Waals surface area contributed by atoms with Crippen molar-refractivity contribution >= 4 is 33.3 Å². The van der Waals surface area contributed by atoms with Gasteiger partial charge < -0.3 is 26.0 Å². The van der Waals surface area contributed by atoms with Gasteiger partial charge >= 0.3 is 6.18 Å². The van der Waals surface area contributed by atoms with Gasteiger partial charge in [0.25, 0.3) is 0 Å². The van der Waals surface area contributed by atoms with E-state index < -0.39 is 35.2 Å². The summed E-state index contributed by atoms with van der Waals surface area (Å²) in [7, 11) is 0. The van der Waals surface area contributed by atoms with E-state index in [9.17, 15) is 28.5 Å². The van der Waals surface area contributed by atoms with Gasteiger partial charge in [-0.3, -0.25) is 0 Å². The summed E-state index contributed by atoms with van der Waals surface area (Å²) in [5, 5.41) is 36.7. The van der Waals surface area contributed by atoms with Crippen LogP contribution in [0.25, 0.3) is 20.8 Å². The van der Waals surface area contributed by atoms with Crippen molar-refractivity contribution in [3.05, 3.63) is 30.0 Å². The second-order valence-corrected chi connectivity index (χ2v) is 9.74. The molecule has 2 heterocycles. The molecule has 0 amide bonds. The monoisotopic (exact) mass is 511 g/mol. The first-order valence-corrected chi connectivity index (χ1v) is 12.4. The van der Waals surface area contributed by atoms with Crippen LogP contribution in [0.3, 0.4) is 0 Å². The highest BCUT2D eigenvalue weighted by molar-refractivity contribution is 7.21. The summed E-state index contributed by atoms with van der Waals surface area (Å²) in [6.45, 7) is 2.03. The molecule has 5 N–H and O–H groups in total. The van der Waals surface area contributed by atoms with Crippen molar-refractivity contribution in [1.82, 2.24) is 15.0 Å². The molecule has 0 radical (unpaired) electrons. The zero-order valence-corrected chi connectivity index (χ0v) is 20.0. The van der Waals surface area contributed by atoms with E-state index in [0.29, 0.717) is 16.8 Å². The fourth-order valence-corrected chi connectivity index (χ4v) is 5.24. The number of benzene rings is 1. The minimum absolute atomic E-state index is 0.0172. The molecule has 1 aliphatic carbocycles. The lowest BCUT2D eigenvalue weighted by atomic mass is 10.0. The van der Waals surface area contributed by atoms with Crippen LogP contribution in [0, 0.1) is 5.92 Å². The predicted octanol–water partition coefficient (Wildman–Crippen LogP) is 4.24. The van der Waals surface area contributed by atoms with E-state index in [1.54, 1.807) is 24.3 Å². The maximum Gasteiger partial charge on any atom is 0.434 e. The number of aliphatic hydroxyl groups is 3. The van der Waals surface area contributed by atoms with Crippen molar-refractivity contribution in [2.45, 2.75) is 57.0 Å². The minimum atomic E-state index is -4.84. The fraction of sp³-hybridized carbons (Fsp3) is 0.522. The third-order valence-electron chi connectivity index (χ3n) is 6.15. The van der Waals surface area contributed by atoms with Gasteiger partial charge in [0.15, 0.2) is 11.4 Å². The Morgan fingerprint density at radius 1 is 1.17 bits per heavy atom. The summed E-state index contributed by atoms with van der Waals surface area (Å²) >= 11 is 1.05. The number of nitrogens with zero attached hydrogens (tertiary/aromatic N) is 3. The van der Waals surface area contributed by atoms with E-state index in [1.165, 1.54) is 0 Å². The van der Waals surface area contributed by atoms with Gasteiger partial charge in [0.1, 0.15) is 16.9 Å². The fourth-order valence-electron chi connectivity index (χ4n) is 4.23. The summed E-state index contributed by atoms with van der Waals surface area (Å²) in [5.74, 6) is -1.14. The second kappa shape index (κ2) is 10.2. The summed E-state index contributed by atoms with van der Waals surface area (Å²) < 4.78 is 43.5. The second-order valence-electron chi connectivity index (χ2n) is 8.71. The van der Waals surface area contributed by atoms with Crippen molar-refractivity contribution in [2.24, 2.45) is 5.92 Å². The smallest absolute Gasteiger partial charge is 0.396 e. The van der Waals surface area contributed by atoms with Gasteiger partial charge in [-0.2, -0.15) is 18.2 Å². The van der Waals surface area contributed by atoms with Gasteiger partial charge in [-0.25, -0.2) is 9.97 Å². The number of aromatic nitrogens is 3. The van der Waals surface area contributed by atoms with Crippen LogP contribution in [0.1, 0.15) is 44.7 Å². The van der Waals surface area contributed by atoms with Gasteiger partial charge in [-0.15, -0.1) is 11.3 Å². The van der Waals surface area contributed by atoms with Gasteiger partial charge in [-0.1, -0.05) is 31.9 Å². The SMILES string of the molecule is CCCCCNc1nc(NC2(O)CCC(CO)C2O)c(-c2nc3ccccc3s2)c(C(F)(F)F)n1. The highest BCUT2D eigenvalue weighted by Gasteiger charge is 2.48. The molecule has 0 aliphatic heterocycles. The first-order valence-electron chi connectivity index (χ1n) is 11.5. The molecule has 2 aromatic heterocycles. The highest BCUT2D eigenvalue weighted by Crippen LogP contribution is 2.44. The van der Waals surface area contributed by atoms with Crippen LogP contribution in [-0.2, 0) is 6.18 Å². The maximum absolute atomic E-state index is 14.3. The molecule has 190 valence electrons. The number of fused-ring (bicyclic) bond motifs is 1. The van der Waals surface area contributed by atoms with Crippen LogP contribution in [0.15, 0.2) is 24.3 Å². The van der Waals surface area contributed by atoms with E-state index in [2.05, 4.69) is 25.6 Å². The summed E-state index contributed by atoms with van der Waals surface area (Å²) in [5.41, 5.74) is -3.05. The number of rotatable bonds is 9. The standard InChI is InChI=1S/C23H28F3N5O3S/c1-2-3-6-11-27-21-29-17(23(24,25)26)16(20-28-14-7-4-5-8-15(14)35-20)19(30-21)31-22(34)10-9-13(12-32)18(22)33/h4-5,7-8,13,18,32-34H,2-3,6,9-12H2,1H3,(H2,27,29,30,31). The average Bonchev–Trinajstić information content (AvgIpc) is 3.36. The average molecular weight is 512 g/mol. The molecule has 0 spiro atoms. The Morgan fingerprint density at radius 3 is 2.60 bits per heavy atom. The number of hydrogen-bond acceptors (Lipinski definition) is 9. The summed E-state index contributed by atoms with van der Waals surface area (Å²) in [4.78, 5) is 12.5. The molecule has 1 fully saturated rings.